The topological polar surface area (TPSA) is 9.23 Å². The number of thiophene rings is 2. The van der Waals surface area contributed by atoms with E-state index < -0.39 is 0 Å². The fraction of sp³-hybridized carbons (Fsp3) is 0.600. The Morgan fingerprint density at radius 2 is 1.75 bits per heavy atom. The van der Waals surface area contributed by atoms with E-state index >= 15 is 0 Å². The molecule has 1 aliphatic heterocycles. The van der Waals surface area contributed by atoms with Crippen LogP contribution in [0.5, 0.6) is 0 Å². The SMILES string of the molecule is COC(CC1CC2CCC(C2)[N+]1(C)C)(c1cccs1)c1cccs1. The van der Waals surface area contributed by atoms with Crippen LogP contribution in [0.15, 0.2) is 35.0 Å². The molecule has 3 heterocycles. The number of hydrogen-bond donors (Lipinski definition) is 0. The summed E-state index contributed by atoms with van der Waals surface area (Å²) in [5, 5.41) is 4.36. The molecule has 2 fully saturated rings. The van der Waals surface area contributed by atoms with E-state index in [1.54, 1.807) is 0 Å². The minimum absolute atomic E-state index is 0.278. The number of fused-ring (bicyclic) bond motifs is 2. The van der Waals surface area contributed by atoms with Crippen molar-refractivity contribution in [2.45, 2.75) is 49.8 Å². The third kappa shape index (κ3) is 2.59. The van der Waals surface area contributed by atoms with Crippen molar-refractivity contribution in [2.24, 2.45) is 5.92 Å². The molecule has 1 aliphatic carbocycles. The van der Waals surface area contributed by atoms with Gasteiger partial charge in [0.1, 0.15) is 5.60 Å². The zero-order valence-electron chi connectivity index (χ0n) is 14.9. The van der Waals surface area contributed by atoms with Crippen LogP contribution in [-0.2, 0) is 10.3 Å². The molecule has 0 amide bonds. The third-order valence-electron chi connectivity index (χ3n) is 6.71. The number of nitrogens with zero attached hydrogens (tertiary/aromatic N) is 1. The first kappa shape index (κ1) is 16.8. The van der Waals surface area contributed by atoms with Crippen LogP contribution in [-0.4, -0.2) is 37.8 Å². The maximum absolute atomic E-state index is 6.32. The molecule has 2 bridgehead atoms. The summed E-state index contributed by atoms with van der Waals surface area (Å²) >= 11 is 3.67. The van der Waals surface area contributed by atoms with E-state index in [0.29, 0.717) is 6.04 Å². The first-order valence-corrected chi connectivity index (χ1v) is 10.8. The van der Waals surface area contributed by atoms with E-state index in [-0.39, 0.29) is 5.60 Å². The van der Waals surface area contributed by atoms with Crippen molar-refractivity contribution < 1.29 is 9.22 Å². The highest BCUT2D eigenvalue weighted by molar-refractivity contribution is 7.11. The standard InChI is InChI=1S/C20H28NOS2/c1-21(2)16-9-8-15(12-16)13-17(21)14-20(22-3,18-6-4-10-23-18)19-7-5-11-24-19/h4-7,10-11,15-17H,8-9,12-14H2,1-3H3/q+1. The van der Waals surface area contributed by atoms with Crippen molar-refractivity contribution >= 4 is 22.7 Å². The van der Waals surface area contributed by atoms with Gasteiger partial charge in [-0.1, -0.05) is 12.1 Å². The van der Waals surface area contributed by atoms with Crippen LogP contribution in [0.3, 0.4) is 0 Å². The van der Waals surface area contributed by atoms with Gasteiger partial charge in [0.15, 0.2) is 0 Å². The van der Waals surface area contributed by atoms with Crippen molar-refractivity contribution in [3.8, 4) is 0 Å². The lowest BCUT2D eigenvalue weighted by atomic mass is 9.82. The summed E-state index contributed by atoms with van der Waals surface area (Å²) in [6.07, 6.45) is 6.71. The van der Waals surface area contributed by atoms with Crippen LogP contribution in [0, 0.1) is 5.92 Å². The lowest BCUT2D eigenvalue weighted by Gasteiger charge is -2.49. The number of ether oxygens (including phenoxy) is 1. The summed E-state index contributed by atoms with van der Waals surface area (Å²) in [5.41, 5.74) is -0.278. The Morgan fingerprint density at radius 1 is 1.08 bits per heavy atom. The van der Waals surface area contributed by atoms with Crippen LogP contribution in [0.2, 0.25) is 0 Å². The van der Waals surface area contributed by atoms with Crippen molar-refractivity contribution in [3.63, 3.8) is 0 Å². The first-order chi connectivity index (χ1) is 11.6. The molecule has 1 saturated carbocycles. The van der Waals surface area contributed by atoms with Gasteiger partial charge in [0.25, 0.3) is 0 Å². The maximum atomic E-state index is 6.32. The molecule has 0 aromatic carbocycles. The number of methoxy groups -OCH3 is 1. The number of hydrogen-bond acceptors (Lipinski definition) is 3. The summed E-state index contributed by atoms with van der Waals surface area (Å²) in [5.74, 6) is 0.937. The molecule has 1 saturated heterocycles. The molecule has 3 atom stereocenters. The molecule has 2 nitrogen and oxygen atoms in total. The first-order valence-electron chi connectivity index (χ1n) is 9.02. The van der Waals surface area contributed by atoms with Crippen molar-refractivity contribution in [1.29, 1.82) is 0 Å². The Bertz CT molecular complexity index is 628. The highest BCUT2D eigenvalue weighted by Crippen LogP contribution is 2.49. The number of likely N-dealkylation sites (tertiary alicyclic amines) is 1. The molecule has 4 rings (SSSR count). The predicted molar refractivity (Wildman–Crippen MR) is 103 cm³/mol. The van der Waals surface area contributed by atoms with E-state index in [2.05, 4.69) is 49.1 Å². The van der Waals surface area contributed by atoms with Crippen LogP contribution >= 0.6 is 22.7 Å². The molecule has 24 heavy (non-hydrogen) atoms. The highest BCUT2D eigenvalue weighted by atomic mass is 32.1. The predicted octanol–water partition coefficient (Wildman–Crippen LogP) is 5.11. The maximum Gasteiger partial charge on any atom is 0.141 e. The second-order valence-corrected chi connectivity index (χ2v) is 9.94. The van der Waals surface area contributed by atoms with Gasteiger partial charge < -0.3 is 9.22 Å². The fourth-order valence-electron chi connectivity index (χ4n) is 5.10. The second kappa shape index (κ2) is 6.24. The molecular formula is C20H28NOS2+. The van der Waals surface area contributed by atoms with Gasteiger partial charge in [-0.05, 0) is 41.7 Å². The van der Waals surface area contributed by atoms with Crippen LogP contribution < -0.4 is 0 Å². The molecule has 0 spiro atoms. The lowest BCUT2D eigenvalue weighted by molar-refractivity contribution is -0.943. The summed E-state index contributed by atoms with van der Waals surface area (Å²) in [4.78, 5) is 2.70. The Hall–Kier alpha value is -0.680. The molecule has 2 aromatic heterocycles. The van der Waals surface area contributed by atoms with E-state index in [1.807, 2.05) is 29.8 Å². The summed E-state index contributed by atoms with van der Waals surface area (Å²) < 4.78 is 7.49. The van der Waals surface area contributed by atoms with Crippen LogP contribution in [0.4, 0.5) is 0 Å². The van der Waals surface area contributed by atoms with Crippen molar-refractivity contribution in [3.05, 3.63) is 44.8 Å². The number of piperidine rings is 1. The van der Waals surface area contributed by atoms with Gasteiger partial charge in [-0.25, -0.2) is 0 Å². The van der Waals surface area contributed by atoms with Gasteiger partial charge in [-0.2, -0.15) is 0 Å². The average molecular weight is 363 g/mol. The third-order valence-corrected chi connectivity index (χ3v) is 8.74. The van der Waals surface area contributed by atoms with Gasteiger partial charge in [0.05, 0.1) is 26.2 Å². The van der Waals surface area contributed by atoms with E-state index in [0.717, 1.165) is 18.4 Å². The van der Waals surface area contributed by atoms with E-state index in [1.165, 1.54) is 39.9 Å². The highest BCUT2D eigenvalue weighted by Gasteiger charge is 2.51. The molecule has 0 radical (unpaired) electrons. The Labute approximate surface area is 153 Å². The van der Waals surface area contributed by atoms with Crippen molar-refractivity contribution in [1.82, 2.24) is 0 Å². The van der Waals surface area contributed by atoms with E-state index in [4.69, 9.17) is 4.74 Å². The van der Waals surface area contributed by atoms with Gasteiger partial charge in [0, 0.05) is 36.1 Å². The minimum Gasteiger partial charge on any atom is -0.367 e. The van der Waals surface area contributed by atoms with Gasteiger partial charge >= 0.3 is 0 Å². The molecule has 130 valence electrons. The summed E-state index contributed by atoms with van der Waals surface area (Å²) in [6, 6.07) is 10.3. The van der Waals surface area contributed by atoms with Crippen LogP contribution in [0.25, 0.3) is 0 Å². The average Bonchev–Trinajstić information content (AvgIpc) is 3.32. The quantitative estimate of drug-likeness (QED) is 0.672. The summed E-state index contributed by atoms with van der Waals surface area (Å²) in [6.45, 7) is 0. The minimum atomic E-state index is -0.278. The van der Waals surface area contributed by atoms with Gasteiger partial charge in [0.2, 0.25) is 0 Å². The summed E-state index contributed by atoms with van der Waals surface area (Å²) in [7, 11) is 6.82. The molecule has 2 aliphatic rings. The van der Waals surface area contributed by atoms with Gasteiger partial charge in [-0.15, -0.1) is 22.7 Å². The number of quaternary nitrogens is 1. The zero-order chi connectivity index (χ0) is 16.8. The smallest absolute Gasteiger partial charge is 0.141 e. The zero-order valence-corrected chi connectivity index (χ0v) is 16.5. The molecule has 4 heteroatoms. The van der Waals surface area contributed by atoms with E-state index in [9.17, 15) is 0 Å². The Morgan fingerprint density at radius 3 is 2.29 bits per heavy atom. The monoisotopic (exact) mass is 362 g/mol. The Balaban J connectivity index is 1.73. The largest absolute Gasteiger partial charge is 0.367 e. The van der Waals surface area contributed by atoms with Gasteiger partial charge in [-0.3, -0.25) is 0 Å². The molecular weight excluding hydrogens is 334 g/mol. The molecule has 3 unspecified atom stereocenters. The molecule has 2 aromatic rings. The van der Waals surface area contributed by atoms with Crippen LogP contribution in [0.1, 0.15) is 41.9 Å². The number of rotatable bonds is 5. The normalized spacial score (nSPS) is 29.0. The van der Waals surface area contributed by atoms with Crippen molar-refractivity contribution in [2.75, 3.05) is 21.2 Å². The Kier molecular flexibility index (Phi) is 4.36. The lowest BCUT2D eigenvalue weighted by Crippen LogP contribution is -2.59. The second-order valence-electron chi connectivity index (χ2n) is 8.04. The molecule has 0 N–H and O–H groups in total. The fourth-order valence-corrected chi connectivity index (χ4v) is 7.02.